The minimum absolute atomic E-state index is 0.0742. The molecule has 6 aromatic rings. The second-order valence-electron chi connectivity index (χ2n) is 16.5. The molecule has 0 bridgehead atoms. The molecular formula is C56H49NS2. The van der Waals surface area contributed by atoms with E-state index in [0.717, 1.165) is 28.2 Å². The highest BCUT2D eigenvalue weighted by Crippen LogP contribution is 2.56. The summed E-state index contributed by atoms with van der Waals surface area (Å²) in [6.07, 6.45) is 14.5. The van der Waals surface area contributed by atoms with Crippen LogP contribution in [-0.2, 0) is 10.8 Å². The van der Waals surface area contributed by atoms with Crippen LogP contribution in [0.4, 0.5) is 17.1 Å². The zero-order valence-electron chi connectivity index (χ0n) is 34.8. The SMILES string of the molecule is C=CC1=C(/C=C\C)c2ccc(N(c3ccc(/C(C=C)=C/C=C\C)cc3)c3ccc(-c4ccc5c(c4)-c4cc6c(cc4C5(C)C)Sc4ccccc4S6)cc3)cc2C1(C)C. The minimum atomic E-state index is -0.181. The van der Waals surface area contributed by atoms with Crippen LogP contribution in [0.3, 0.4) is 0 Å². The fourth-order valence-electron chi connectivity index (χ4n) is 9.25. The van der Waals surface area contributed by atoms with Crippen LogP contribution < -0.4 is 4.90 Å². The Hall–Kier alpha value is -5.74. The normalized spacial score (nSPS) is 15.8. The van der Waals surface area contributed by atoms with E-state index >= 15 is 0 Å². The molecule has 0 aromatic heterocycles. The Morgan fingerprint density at radius 1 is 0.559 bits per heavy atom. The third-order valence-electron chi connectivity index (χ3n) is 12.4. The Morgan fingerprint density at radius 3 is 1.81 bits per heavy atom. The largest absolute Gasteiger partial charge is 0.310 e. The molecule has 1 nitrogen and oxygen atoms in total. The summed E-state index contributed by atoms with van der Waals surface area (Å²) in [5, 5.41) is 0. The molecule has 1 aliphatic heterocycles. The van der Waals surface area contributed by atoms with Gasteiger partial charge < -0.3 is 4.90 Å². The first kappa shape index (κ1) is 38.8. The maximum atomic E-state index is 4.23. The first-order chi connectivity index (χ1) is 28.6. The zero-order chi connectivity index (χ0) is 41.1. The van der Waals surface area contributed by atoms with Gasteiger partial charge in [-0.05, 0) is 147 Å². The van der Waals surface area contributed by atoms with Gasteiger partial charge in [0.25, 0.3) is 0 Å². The van der Waals surface area contributed by atoms with E-state index < -0.39 is 0 Å². The van der Waals surface area contributed by atoms with Gasteiger partial charge in [0.15, 0.2) is 0 Å². The van der Waals surface area contributed by atoms with Gasteiger partial charge in [-0.2, -0.15) is 0 Å². The van der Waals surface area contributed by atoms with Crippen LogP contribution in [0.25, 0.3) is 33.4 Å². The minimum Gasteiger partial charge on any atom is -0.310 e. The quantitative estimate of drug-likeness (QED) is 0.134. The van der Waals surface area contributed by atoms with Crippen molar-refractivity contribution < 1.29 is 0 Å². The summed E-state index contributed by atoms with van der Waals surface area (Å²) < 4.78 is 0. The van der Waals surface area contributed by atoms with E-state index in [1.165, 1.54) is 75.2 Å². The molecule has 0 N–H and O–H groups in total. The monoisotopic (exact) mass is 799 g/mol. The molecule has 0 fully saturated rings. The molecule has 0 atom stereocenters. The van der Waals surface area contributed by atoms with Crippen LogP contribution in [0.1, 0.15) is 69.4 Å². The summed E-state index contributed by atoms with van der Waals surface area (Å²) in [4.78, 5) is 7.77. The number of fused-ring (bicyclic) bond motifs is 6. The number of nitrogens with zero attached hydrogens (tertiary/aromatic N) is 1. The second kappa shape index (κ2) is 15.1. The van der Waals surface area contributed by atoms with Crippen molar-refractivity contribution in [1.29, 1.82) is 0 Å². The van der Waals surface area contributed by atoms with E-state index in [2.05, 4.69) is 198 Å². The predicted molar refractivity (Wildman–Crippen MR) is 257 cm³/mol. The molecule has 6 aromatic carbocycles. The summed E-state index contributed by atoms with van der Waals surface area (Å²) in [7, 11) is 0. The maximum absolute atomic E-state index is 4.23. The van der Waals surface area contributed by atoms with Crippen molar-refractivity contribution >= 4 is 51.7 Å². The van der Waals surface area contributed by atoms with Crippen molar-refractivity contribution in [1.82, 2.24) is 0 Å². The number of benzene rings is 6. The molecule has 3 aliphatic rings. The van der Waals surface area contributed by atoms with Crippen LogP contribution in [0.5, 0.6) is 0 Å². The highest BCUT2D eigenvalue weighted by molar-refractivity contribution is 8.05. The summed E-state index contributed by atoms with van der Waals surface area (Å²) in [6.45, 7) is 21.8. The smallest absolute Gasteiger partial charge is 0.0465 e. The Labute approximate surface area is 359 Å². The molecule has 9 rings (SSSR count). The number of allylic oxidation sites excluding steroid dienone is 10. The number of hydrogen-bond acceptors (Lipinski definition) is 3. The number of rotatable bonds is 9. The first-order valence-corrected chi connectivity index (χ1v) is 22.1. The lowest BCUT2D eigenvalue weighted by Crippen LogP contribution is -2.17. The van der Waals surface area contributed by atoms with Gasteiger partial charge in [-0.15, -0.1) is 0 Å². The third-order valence-corrected chi connectivity index (χ3v) is 14.9. The highest BCUT2D eigenvalue weighted by atomic mass is 32.2. The predicted octanol–water partition coefficient (Wildman–Crippen LogP) is 16.7. The van der Waals surface area contributed by atoms with E-state index in [4.69, 9.17) is 0 Å². The van der Waals surface area contributed by atoms with Crippen molar-refractivity contribution in [2.45, 2.75) is 72.0 Å². The van der Waals surface area contributed by atoms with E-state index in [9.17, 15) is 0 Å². The van der Waals surface area contributed by atoms with E-state index in [1.54, 1.807) is 0 Å². The van der Waals surface area contributed by atoms with Gasteiger partial charge in [0, 0.05) is 47.5 Å². The van der Waals surface area contributed by atoms with Crippen LogP contribution >= 0.6 is 23.5 Å². The maximum Gasteiger partial charge on any atom is 0.0465 e. The summed E-state index contributed by atoms with van der Waals surface area (Å²) in [5.74, 6) is 0. The molecule has 0 saturated carbocycles. The van der Waals surface area contributed by atoms with Crippen molar-refractivity contribution in [2.75, 3.05) is 4.90 Å². The third kappa shape index (κ3) is 6.52. The Bertz CT molecular complexity index is 2810. The molecule has 0 amide bonds. The fraction of sp³-hybridized carbons (Fsp3) is 0.143. The highest BCUT2D eigenvalue weighted by Gasteiger charge is 2.38. The molecule has 0 unspecified atom stereocenters. The molecule has 3 heteroatoms. The van der Waals surface area contributed by atoms with Crippen molar-refractivity contribution in [3.05, 3.63) is 210 Å². The fourth-order valence-corrected chi connectivity index (χ4v) is 11.5. The van der Waals surface area contributed by atoms with Gasteiger partial charge in [0.1, 0.15) is 0 Å². The average molecular weight is 800 g/mol. The molecule has 290 valence electrons. The van der Waals surface area contributed by atoms with Crippen LogP contribution in [0, 0.1) is 0 Å². The van der Waals surface area contributed by atoms with Gasteiger partial charge in [-0.1, -0.05) is 162 Å². The van der Waals surface area contributed by atoms with Gasteiger partial charge in [0.2, 0.25) is 0 Å². The van der Waals surface area contributed by atoms with Gasteiger partial charge in [-0.3, -0.25) is 0 Å². The van der Waals surface area contributed by atoms with Crippen molar-refractivity contribution in [3.63, 3.8) is 0 Å². The molecule has 59 heavy (non-hydrogen) atoms. The molecule has 2 aliphatic carbocycles. The number of hydrogen-bond donors (Lipinski definition) is 0. The molecule has 0 saturated heterocycles. The van der Waals surface area contributed by atoms with Crippen LogP contribution in [-0.4, -0.2) is 0 Å². The summed E-state index contributed by atoms with van der Waals surface area (Å²) in [5.41, 5.74) is 18.3. The molecule has 0 radical (unpaired) electrons. The van der Waals surface area contributed by atoms with E-state index in [0.29, 0.717) is 0 Å². The van der Waals surface area contributed by atoms with E-state index in [-0.39, 0.29) is 10.8 Å². The van der Waals surface area contributed by atoms with Gasteiger partial charge in [0.05, 0.1) is 0 Å². The second-order valence-corrected chi connectivity index (χ2v) is 18.7. The van der Waals surface area contributed by atoms with Gasteiger partial charge in [-0.25, -0.2) is 0 Å². The van der Waals surface area contributed by atoms with Crippen molar-refractivity contribution in [2.24, 2.45) is 0 Å². The first-order valence-electron chi connectivity index (χ1n) is 20.5. The lowest BCUT2D eigenvalue weighted by Gasteiger charge is -2.29. The average Bonchev–Trinajstić information content (AvgIpc) is 3.60. The standard InChI is InChI=1S/C56H49NS2/c1-9-13-17-36(11-3)37-20-25-40(26-21-37)57(42-29-30-44-43(16-10-2)47(12-4)55(5,6)49(44)33-42)41-27-22-38(23-28-41)39-24-31-48-45(32-39)46-34-53-54(35-50(46)56(48,7)8)59-52-19-15-14-18-51(52)58-53/h9-35H,3-4H2,1-2,5-8H3/b13-9-,16-10-,36-17+. The Morgan fingerprint density at radius 2 is 1.17 bits per heavy atom. The van der Waals surface area contributed by atoms with Crippen LogP contribution in [0.2, 0.25) is 0 Å². The van der Waals surface area contributed by atoms with Gasteiger partial charge >= 0.3 is 0 Å². The topological polar surface area (TPSA) is 3.24 Å². The molecular weight excluding hydrogens is 751 g/mol. The molecule has 1 heterocycles. The lowest BCUT2D eigenvalue weighted by atomic mass is 9.81. The Kier molecular flexibility index (Phi) is 9.94. The molecule has 0 spiro atoms. The summed E-state index contributed by atoms with van der Waals surface area (Å²) in [6, 6.07) is 45.6. The van der Waals surface area contributed by atoms with E-state index in [1.807, 2.05) is 48.7 Å². The Balaban J connectivity index is 1.10. The van der Waals surface area contributed by atoms with Crippen LogP contribution in [0.15, 0.2) is 202 Å². The number of anilines is 3. The zero-order valence-corrected chi connectivity index (χ0v) is 36.4. The summed E-state index contributed by atoms with van der Waals surface area (Å²) >= 11 is 3.80. The lowest BCUT2D eigenvalue weighted by molar-refractivity contribution is 0.654. The van der Waals surface area contributed by atoms with Crippen molar-refractivity contribution in [3.8, 4) is 22.3 Å².